The van der Waals surface area contributed by atoms with Gasteiger partial charge in [0.1, 0.15) is 0 Å². The van der Waals surface area contributed by atoms with Gasteiger partial charge in [0.2, 0.25) is 0 Å². The number of hydrogen-bond acceptors (Lipinski definition) is 2. The molecule has 4 atom stereocenters. The van der Waals surface area contributed by atoms with E-state index in [9.17, 15) is 0 Å². The van der Waals surface area contributed by atoms with Crippen LogP contribution in [-0.4, -0.2) is 14.2 Å². The smallest absolute Gasteiger partial charge is 0.164 e. The van der Waals surface area contributed by atoms with Crippen LogP contribution in [0, 0.1) is 12.8 Å². The van der Waals surface area contributed by atoms with Crippen molar-refractivity contribution in [1.82, 2.24) is 0 Å². The summed E-state index contributed by atoms with van der Waals surface area (Å²) < 4.78 is 11.5. The fourth-order valence-corrected chi connectivity index (χ4v) is 4.98. The summed E-state index contributed by atoms with van der Waals surface area (Å²) in [6, 6.07) is 0. The Hall–Kier alpha value is -1.18. The summed E-state index contributed by atoms with van der Waals surface area (Å²) >= 11 is 0. The molecule has 0 aromatic heterocycles. The third-order valence-electron chi connectivity index (χ3n) is 5.86. The van der Waals surface area contributed by atoms with Crippen molar-refractivity contribution < 1.29 is 9.47 Å². The van der Waals surface area contributed by atoms with Gasteiger partial charge in [-0.3, -0.25) is 0 Å². The average molecular weight is 288 g/mol. The fraction of sp³-hybridized carbons (Fsp3) is 0.684. The second-order valence-electron chi connectivity index (χ2n) is 7.13. The van der Waals surface area contributed by atoms with Crippen LogP contribution < -0.4 is 9.47 Å². The predicted octanol–water partition coefficient (Wildman–Crippen LogP) is 5.14. The Morgan fingerprint density at radius 3 is 2.10 bits per heavy atom. The van der Waals surface area contributed by atoms with Gasteiger partial charge in [-0.2, -0.15) is 0 Å². The van der Waals surface area contributed by atoms with Crippen molar-refractivity contribution in [3.63, 3.8) is 0 Å². The van der Waals surface area contributed by atoms with Crippen LogP contribution in [0.2, 0.25) is 0 Å². The minimum atomic E-state index is 0.567. The molecule has 2 heteroatoms. The molecule has 1 aromatic carbocycles. The Bertz CT molecular complexity index is 561. The Morgan fingerprint density at radius 1 is 0.810 bits per heavy atom. The molecule has 1 aromatic rings. The lowest BCUT2D eigenvalue weighted by molar-refractivity contribution is 0.303. The van der Waals surface area contributed by atoms with Crippen LogP contribution in [0.5, 0.6) is 11.5 Å². The molecule has 0 fully saturated rings. The van der Waals surface area contributed by atoms with Crippen molar-refractivity contribution in [2.24, 2.45) is 5.92 Å². The number of benzene rings is 1. The molecule has 4 unspecified atom stereocenters. The van der Waals surface area contributed by atoms with Crippen LogP contribution in [0.1, 0.15) is 80.0 Å². The van der Waals surface area contributed by atoms with E-state index in [-0.39, 0.29) is 0 Å². The van der Waals surface area contributed by atoms with Crippen LogP contribution in [0.4, 0.5) is 0 Å². The van der Waals surface area contributed by atoms with E-state index in [0.717, 1.165) is 17.4 Å². The van der Waals surface area contributed by atoms with Crippen molar-refractivity contribution in [3.05, 3.63) is 22.3 Å². The summed E-state index contributed by atoms with van der Waals surface area (Å²) in [5.74, 6) is 4.62. The topological polar surface area (TPSA) is 18.5 Å². The number of methoxy groups -OCH3 is 2. The molecule has 2 nitrogen and oxygen atoms in total. The summed E-state index contributed by atoms with van der Waals surface area (Å²) in [5, 5.41) is 0. The van der Waals surface area contributed by atoms with Gasteiger partial charge in [0.15, 0.2) is 11.5 Å². The molecular formula is C19H28O2. The van der Waals surface area contributed by atoms with E-state index < -0.39 is 0 Å². The molecule has 3 rings (SSSR count). The molecule has 2 aliphatic carbocycles. The fourth-order valence-electron chi connectivity index (χ4n) is 4.98. The molecule has 116 valence electrons. The van der Waals surface area contributed by atoms with Gasteiger partial charge in [0, 0.05) is 5.56 Å². The highest BCUT2D eigenvalue weighted by Crippen LogP contribution is 2.57. The van der Waals surface area contributed by atoms with Crippen molar-refractivity contribution in [2.75, 3.05) is 14.2 Å². The summed E-state index contributed by atoms with van der Waals surface area (Å²) in [4.78, 5) is 0. The molecule has 21 heavy (non-hydrogen) atoms. The van der Waals surface area contributed by atoms with Gasteiger partial charge in [0.05, 0.1) is 14.2 Å². The van der Waals surface area contributed by atoms with Crippen LogP contribution in [0.15, 0.2) is 0 Å². The van der Waals surface area contributed by atoms with E-state index in [2.05, 4.69) is 27.7 Å². The Morgan fingerprint density at radius 2 is 1.48 bits per heavy atom. The monoisotopic (exact) mass is 288 g/mol. The highest BCUT2D eigenvalue weighted by molar-refractivity contribution is 5.64. The van der Waals surface area contributed by atoms with Gasteiger partial charge in [-0.05, 0) is 66.5 Å². The van der Waals surface area contributed by atoms with E-state index in [1.54, 1.807) is 25.3 Å². The first-order valence-corrected chi connectivity index (χ1v) is 8.29. The number of rotatable bonds is 2. The van der Waals surface area contributed by atoms with Crippen molar-refractivity contribution >= 4 is 0 Å². The molecule has 0 radical (unpaired) electrons. The molecule has 0 aliphatic heterocycles. The quantitative estimate of drug-likeness (QED) is 0.750. The van der Waals surface area contributed by atoms with Crippen LogP contribution in [0.3, 0.4) is 0 Å². The second-order valence-corrected chi connectivity index (χ2v) is 7.13. The van der Waals surface area contributed by atoms with Crippen LogP contribution in [0.25, 0.3) is 0 Å². The number of hydrogen-bond donors (Lipinski definition) is 0. The molecule has 0 N–H and O–H groups in total. The summed E-state index contributed by atoms with van der Waals surface area (Å²) in [6.45, 7) is 9.35. The first kappa shape index (κ1) is 14.7. The first-order valence-electron chi connectivity index (χ1n) is 8.29. The van der Waals surface area contributed by atoms with Gasteiger partial charge in [-0.25, -0.2) is 0 Å². The van der Waals surface area contributed by atoms with E-state index >= 15 is 0 Å². The van der Waals surface area contributed by atoms with Gasteiger partial charge in [0.25, 0.3) is 0 Å². The highest BCUT2D eigenvalue weighted by atomic mass is 16.5. The predicted molar refractivity (Wildman–Crippen MR) is 86.9 cm³/mol. The molecular weight excluding hydrogens is 260 g/mol. The second kappa shape index (κ2) is 5.23. The maximum absolute atomic E-state index is 5.80. The third kappa shape index (κ3) is 1.98. The lowest BCUT2D eigenvalue weighted by atomic mass is 9.62. The molecule has 0 bridgehead atoms. The molecule has 0 heterocycles. The average Bonchev–Trinajstić information content (AvgIpc) is 2.45. The minimum Gasteiger partial charge on any atom is -0.493 e. The molecule has 0 spiro atoms. The van der Waals surface area contributed by atoms with E-state index in [1.807, 2.05) is 0 Å². The lowest BCUT2D eigenvalue weighted by Gasteiger charge is -2.43. The van der Waals surface area contributed by atoms with Gasteiger partial charge < -0.3 is 9.47 Å². The Kier molecular flexibility index (Phi) is 3.67. The molecule has 2 aliphatic rings. The SMILES string of the molecule is COc1c(C)c2c3c(c1OC)C(C)CCC3C(C)CC2C. The van der Waals surface area contributed by atoms with Crippen molar-refractivity contribution in [1.29, 1.82) is 0 Å². The summed E-state index contributed by atoms with van der Waals surface area (Å²) in [7, 11) is 3.55. The van der Waals surface area contributed by atoms with Gasteiger partial charge in [-0.15, -0.1) is 0 Å². The summed E-state index contributed by atoms with van der Waals surface area (Å²) in [5.41, 5.74) is 5.89. The number of ether oxygens (including phenoxy) is 2. The normalized spacial score (nSPS) is 30.8. The van der Waals surface area contributed by atoms with Crippen LogP contribution >= 0.6 is 0 Å². The third-order valence-corrected chi connectivity index (χ3v) is 5.86. The highest BCUT2D eigenvalue weighted by Gasteiger charge is 2.40. The Labute approximate surface area is 128 Å². The van der Waals surface area contributed by atoms with E-state index in [4.69, 9.17) is 9.47 Å². The first-order chi connectivity index (χ1) is 10.0. The minimum absolute atomic E-state index is 0.567. The Balaban J connectivity index is 2.37. The van der Waals surface area contributed by atoms with E-state index in [1.165, 1.54) is 30.4 Å². The van der Waals surface area contributed by atoms with Crippen molar-refractivity contribution in [2.45, 2.75) is 64.7 Å². The maximum Gasteiger partial charge on any atom is 0.164 e. The van der Waals surface area contributed by atoms with Gasteiger partial charge in [-0.1, -0.05) is 20.8 Å². The van der Waals surface area contributed by atoms with Crippen molar-refractivity contribution in [3.8, 4) is 11.5 Å². The van der Waals surface area contributed by atoms with Crippen LogP contribution in [-0.2, 0) is 0 Å². The lowest BCUT2D eigenvalue weighted by Crippen LogP contribution is -2.28. The zero-order valence-electron chi connectivity index (χ0n) is 14.2. The summed E-state index contributed by atoms with van der Waals surface area (Å²) in [6.07, 6.45) is 3.88. The molecule has 0 amide bonds. The largest absolute Gasteiger partial charge is 0.493 e. The van der Waals surface area contributed by atoms with Gasteiger partial charge >= 0.3 is 0 Å². The molecule has 0 saturated heterocycles. The molecule has 0 saturated carbocycles. The maximum atomic E-state index is 5.80. The van der Waals surface area contributed by atoms with E-state index in [0.29, 0.717) is 17.8 Å². The standard InChI is InChI=1S/C19H28O2/c1-10-7-8-14-11(2)9-12(3)15-13(4)18(20-5)19(21-6)16(10)17(14)15/h10-12,14H,7-9H2,1-6H3. The zero-order chi connectivity index (χ0) is 15.3. The zero-order valence-corrected chi connectivity index (χ0v) is 14.2.